The van der Waals surface area contributed by atoms with Gasteiger partial charge >= 0.3 is 6.03 Å². The molecule has 34 heavy (non-hydrogen) atoms. The SMILES string of the molecule is CC1(c2ccccc2)NC(=O)N(NC(=O)c2ccc(CSc3nc4ccccc4[nH]3)cc2)C1=O. The molecule has 1 fully saturated rings. The average molecular weight is 472 g/mol. The molecule has 1 aliphatic heterocycles. The fourth-order valence-electron chi connectivity index (χ4n) is 3.78. The molecule has 0 aliphatic carbocycles. The number of nitrogens with zero attached hydrogens (tertiary/aromatic N) is 2. The summed E-state index contributed by atoms with van der Waals surface area (Å²) in [6.07, 6.45) is 0. The second-order valence-corrected chi connectivity index (χ2v) is 9.01. The van der Waals surface area contributed by atoms with E-state index in [1.165, 1.54) is 0 Å². The van der Waals surface area contributed by atoms with E-state index in [0.29, 0.717) is 16.9 Å². The van der Waals surface area contributed by atoms with Crippen molar-refractivity contribution in [2.45, 2.75) is 23.4 Å². The lowest BCUT2D eigenvalue weighted by Crippen LogP contribution is -2.47. The highest BCUT2D eigenvalue weighted by molar-refractivity contribution is 7.98. The van der Waals surface area contributed by atoms with Crippen LogP contribution in [-0.2, 0) is 16.1 Å². The van der Waals surface area contributed by atoms with Gasteiger partial charge in [0.2, 0.25) is 0 Å². The Hall–Kier alpha value is -4.11. The van der Waals surface area contributed by atoms with Crippen LogP contribution < -0.4 is 10.7 Å². The maximum Gasteiger partial charge on any atom is 0.344 e. The maximum absolute atomic E-state index is 13.0. The van der Waals surface area contributed by atoms with Gasteiger partial charge in [0, 0.05) is 11.3 Å². The zero-order chi connectivity index (χ0) is 23.7. The number of carbonyl (C=O) groups is 3. The molecule has 1 atom stereocenters. The van der Waals surface area contributed by atoms with Crippen molar-refractivity contribution in [1.29, 1.82) is 0 Å². The number of amides is 4. The second-order valence-electron chi connectivity index (χ2n) is 8.05. The highest BCUT2D eigenvalue weighted by Gasteiger charge is 2.50. The number of carbonyl (C=O) groups excluding carboxylic acids is 3. The summed E-state index contributed by atoms with van der Waals surface area (Å²) >= 11 is 1.56. The normalized spacial score (nSPS) is 17.7. The number of imide groups is 1. The lowest BCUT2D eigenvalue weighted by atomic mass is 9.92. The summed E-state index contributed by atoms with van der Waals surface area (Å²) in [5.41, 5.74) is 5.07. The van der Waals surface area contributed by atoms with Crippen LogP contribution in [0.3, 0.4) is 0 Å². The van der Waals surface area contributed by atoms with Crippen LogP contribution in [0.4, 0.5) is 4.79 Å². The number of hydrogen-bond acceptors (Lipinski definition) is 5. The van der Waals surface area contributed by atoms with E-state index in [1.807, 2.05) is 42.5 Å². The fourth-order valence-corrected chi connectivity index (χ4v) is 4.62. The molecular weight excluding hydrogens is 450 g/mol. The molecule has 1 unspecified atom stereocenters. The lowest BCUT2D eigenvalue weighted by molar-refractivity contribution is -0.132. The van der Waals surface area contributed by atoms with Gasteiger partial charge in [0.15, 0.2) is 5.16 Å². The van der Waals surface area contributed by atoms with Crippen molar-refractivity contribution in [2.24, 2.45) is 0 Å². The predicted molar refractivity (Wildman–Crippen MR) is 129 cm³/mol. The number of imidazole rings is 1. The van der Waals surface area contributed by atoms with Crippen LogP contribution in [0, 0.1) is 0 Å². The summed E-state index contributed by atoms with van der Waals surface area (Å²) < 4.78 is 0. The van der Waals surface area contributed by atoms with E-state index in [2.05, 4.69) is 20.7 Å². The highest BCUT2D eigenvalue weighted by Crippen LogP contribution is 2.28. The van der Waals surface area contributed by atoms with Crippen molar-refractivity contribution < 1.29 is 14.4 Å². The van der Waals surface area contributed by atoms with E-state index < -0.39 is 23.4 Å². The number of hydrazine groups is 1. The molecule has 3 N–H and O–H groups in total. The summed E-state index contributed by atoms with van der Waals surface area (Å²) in [4.78, 5) is 46.0. The van der Waals surface area contributed by atoms with E-state index in [9.17, 15) is 14.4 Å². The van der Waals surface area contributed by atoms with Gasteiger partial charge in [-0.25, -0.2) is 9.78 Å². The van der Waals surface area contributed by atoms with Crippen LogP contribution in [0.5, 0.6) is 0 Å². The van der Waals surface area contributed by atoms with Crippen molar-refractivity contribution in [2.75, 3.05) is 0 Å². The molecule has 9 heteroatoms. The Balaban J connectivity index is 1.23. The van der Waals surface area contributed by atoms with Crippen molar-refractivity contribution in [3.05, 3.63) is 95.6 Å². The number of nitrogens with one attached hydrogen (secondary N) is 3. The number of rotatable bonds is 6. The van der Waals surface area contributed by atoms with Crippen LogP contribution in [-0.4, -0.2) is 32.8 Å². The first-order valence-corrected chi connectivity index (χ1v) is 11.6. The van der Waals surface area contributed by atoms with E-state index in [1.54, 1.807) is 55.1 Å². The summed E-state index contributed by atoms with van der Waals surface area (Å²) in [5, 5.41) is 4.22. The maximum atomic E-state index is 13.0. The molecular formula is C25H21N5O3S. The number of benzene rings is 3. The predicted octanol–water partition coefficient (Wildman–Crippen LogP) is 3.97. The van der Waals surface area contributed by atoms with Crippen LogP contribution >= 0.6 is 11.8 Å². The first kappa shape index (κ1) is 21.7. The smallest absolute Gasteiger partial charge is 0.333 e. The molecule has 1 saturated heterocycles. The average Bonchev–Trinajstić information content (AvgIpc) is 3.38. The molecule has 5 rings (SSSR count). The summed E-state index contributed by atoms with van der Waals surface area (Å²) in [6.45, 7) is 1.61. The van der Waals surface area contributed by atoms with Gasteiger partial charge in [-0.3, -0.25) is 15.0 Å². The molecule has 0 bridgehead atoms. The molecule has 0 saturated carbocycles. The zero-order valence-corrected chi connectivity index (χ0v) is 19.1. The fraction of sp³-hybridized carbons (Fsp3) is 0.120. The zero-order valence-electron chi connectivity index (χ0n) is 18.2. The summed E-state index contributed by atoms with van der Waals surface area (Å²) in [7, 11) is 0. The molecule has 4 aromatic rings. The van der Waals surface area contributed by atoms with Gasteiger partial charge < -0.3 is 10.3 Å². The Bertz CT molecular complexity index is 1350. The van der Waals surface area contributed by atoms with E-state index in [0.717, 1.165) is 26.8 Å². The number of urea groups is 1. The minimum absolute atomic E-state index is 0.339. The third-order valence-corrected chi connectivity index (χ3v) is 6.66. The number of hydrogen-bond donors (Lipinski definition) is 3. The Morgan fingerprint density at radius 3 is 2.44 bits per heavy atom. The van der Waals surface area contributed by atoms with E-state index >= 15 is 0 Å². The van der Waals surface area contributed by atoms with E-state index in [-0.39, 0.29) is 0 Å². The van der Waals surface area contributed by atoms with Gasteiger partial charge in [0.25, 0.3) is 11.8 Å². The third-order valence-electron chi connectivity index (χ3n) is 5.71. The number of aromatic amines is 1. The highest BCUT2D eigenvalue weighted by atomic mass is 32.2. The Morgan fingerprint density at radius 1 is 1.00 bits per heavy atom. The topological polar surface area (TPSA) is 107 Å². The quantitative estimate of drug-likeness (QED) is 0.291. The molecule has 1 aromatic heterocycles. The van der Waals surface area contributed by atoms with Gasteiger partial charge in [0.1, 0.15) is 5.54 Å². The van der Waals surface area contributed by atoms with E-state index in [4.69, 9.17) is 0 Å². The Labute approximate surface area is 199 Å². The minimum atomic E-state index is -1.25. The Morgan fingerprint density at radius 2 is 1.71 bits per heavy atom. The summed E-state index contributed by atoms with van der Waals surface area (Å²) in [5.74, 6) is -0.419. The van der Waals surface area contributed by atoms with Crippen molar-refractivity contribution in [3.8, 4) is 0 Å². The van der Waals surface area contributed by atoms with Crippen LogP contribution in [0.15, 0.2) is 84.0 Å². The number of aromatic nitrogens is 2. The van der Waals surface area contributed by atoms with Crippen LogP contribution in [0.25, 0.3) is 11.0 Å². The molecule has 4 amide bonds. The summed E-state index contributed by atoms with van der Waals surface area (Å²) in [6, 6.07) is 23.1. The van der Waals surface area contributed by atoms with Gasteiger partial charge in [-0.2, -0.15) is 5.01 Å². The first-order chi connectivity index (χ1) is 16.4. The van der Waals surface area contributed by atoms with Crippen molar-refractivity contribution in [3.63, 3.8) is 0 Å². The first-order valence-electron chi connectivity index (χ1n) is 10.6. The molecule has 2 heterocycles. The lowest BCUT2D eigenvalue weighted by Gasteiger charge is -2.22. The third kappa shape index (κ3) is 4.01. The molecule has 0 spiro atoms. The van der Waals surface area contributed by atoms with Crippen LogP contribution in [0.1, 0.15) is 28.4 Å². The molecule has 1 aliphatic rings. The molecule has 170 valence electrons. The minimum Gasteiger partial charge on any atom is -0.333 e. The molecule has 3 aromatic carbocycles. The van der Waals surface area contributed by atoms with Gasteiger partial charge in [-0.1, -0.05) is 66.4 Å². The molecule has 8 nitrogen and oxygen atoms in total. The van der Waals surface area contributed by atoms with Crippen molar-refractivity contribution in [1.82, 2.24) is 25.7 Å². The van der Waals surface area contributed by atoms with Crippen molar-refractivity contribution >= 4 is 40.6 Å². The molecule has 0 radical (unpaired) electrons. The van der Waals surface area contributed by atoms with Gasteiger partial charge in [-0.15, -0.1) is 0 Å². The van der Waals surface area contributed by atoms with Gasteiger partial charge in [-0.05, 0) is 42.3 Å². The number of para-hydroxylation sites is 2. The second kappa shape index (κ2) is 8.68. The largest absolute Gasteiger partial charge is 0.344 e. The van der Waals surface area contributed by atoms with Crippen LogP contribution in [0.2, 0.25) is 0 Å². The number of thioether (sulfide) groups is 1. The monoisotopic (exact) mass is 471 g/mol. The number of H-pyrrole nitrogens is 1. The standard InChI is InChI=1S/C25H21N5O3S/c1-25(18-7-3-2-4-8-18)22(32)30(24(33)28-25)29-21(31)17-13-11-16(12-14-17)15-34-23-26-19-9-5-6-10-20(19)27-23/h2-14H,15H2,1H3,(H,26,27)(H,28,33)(H,29,31). The Kier molecular flexibility index (Phi) is 5.54. The van der Waals surface area contributed by atoms with Gasteiger partial charge in [0.05, 0.1) is 11.0 Å². The number of fused-ring (bicyclic) bond motifs is 1.